The van der Waals surface area contributed by atoms with Gasteiger partial charge in [-0.05, 0) is 62.5 Å². The number of thiophene rings is 1. The Morgan fingerprint density at radius 3 is 2.67 bits per heavy atom. The van der Waals surface area contributed by atoms with Crippen molar-refractivity contribution in [3.05, 3.63) is 57.3 Å². The molecule has 1 aliphatic rings. The molecule has 1 N–H and O–H groups in total. The molecule has 0 aliphatic carbocycles. The predicted octanol–water partition coefficient (Wildman–Crippen LogP) is 5.03. The van der Waals surface area contributed by atoms with Crippen LogP contribution in [0.1, 0.15) is 51.7 Å². The molecule has 2 heterocycles. The molecule has 0 radical (unpaired) electrons. The van der Waals surface area contributed by atoms with Crippen LogP contribution in [0, 0.1) is 6.92 Å². The van der Waals surface area contributed by atoms with E-state index in [-0.39, 0.29) is 23.2 Å². The fourth-order valence-electron chi connectivity index (χ4n) is 3.75. The summed E-state index contributed by atoms with van der Waals surface area (Å²) in [6, 6.07) is 7.55. The number of alkyl halides is 3. The van der Waals surface area contributed by atoms with E-state index in [1.54, 1.807) is 11.3 Å². The Labute approximate surface area is 161 Å². The fraction of sp³-hybridized carbons (Fsp3) is 0.450. The summed E-state index contributed by atoms with van der Waals surface area (Å²) >= 11 is 1.55. The highest BCUT2D eigenvalue weighted by Crippen LogP contribution is 2.34. The van der Waals surface area contributed by atoms with E-state index in [0.29, 0.717) is 0 Å². The number of carbonyl (C=O) groups is 1. The van der Waals surface area contributed by atoms with Gasteiger partial charge < -0.3 is 10.2 Å². The van der Waals surface area contributed by atoms with Gasteiger partial charge in [0.2, 0.25) is 0 Å². The number of nitrogens with one attached hydrogen (secondary N) is 1. The number of hydrogen-bond donors (Lipinski definition) is 1. The lowest BCUT2D eigenvalue weighted by atomic mass is 9.94. The maximum atomic E-state index is 13.2. The molecule has 1 saturated heterocycles. The SMILES string of the molecule is Cc1c(C(=O)NC(c2cccs2)C2CCCCN2C)cccc1C(F)(F)F. The Morgan fingerprint density at radius 1 is 1.26 bits per heavy atom. The van der Waals surface area contributed by atoms with Crippen molar-refractivity contribution < 1.29 is 18.0 Å². The number of carbonyl (C=O) groups excluding carboxylic acids is 1. The molecule has 3 rings (SSSR count). The first-order chi connectivity index (χ1) is 12.8. The molecule has 0 bridgehead atoms. The van der Waals surface area contributed by atoms with Gasteiger partial charge in [0.25, 0.3) is 5.91 Å². The predicted molar refractivity (Wildman–Crippen MR) is 101 cm³/mol. The normalized spacial score (nSPS) is 19.7. The van der Waals surface area contributed by atoms with Crippen LogP contribution < -0.4 is 5.32 Å². The number of amides is 1. The van der Waals surface area contributed by atoms with Gasteiger partial charge in [-0.3, -0.25) is 4.79 Å². The molecule has 7 heteroatoms. The van der Waals surface area contributed by atoms with Gasteiger partial charge in [0.15, 0.2) is 0 Å². The number of likely N-dealkylation sites (N-methyl/N-ethyl adjacent to an activating group) is 1. The zero-order chi connectivity index (χ0) is 19.6. The zero-order valence-electron chi connectivity index (χ0n) is 15.3. The number of halogens is 3. The van der Waals surface area contributed by atoms with Crippen molar-refractivity contribution in [2.45, 2.75) is 44.4 Å². The van der Waals surface area contributed by atoms with Crippen LogP contribution in [-0.4, -0.2) is 30.4 Å². The highest BCUT2D eigenvalue weighted by atomic mass is 32.1. The molecule has 2 atom stereocenters. The number of rotatable bonds is 4. The molecule has 0 spiro atoms. The maximum Gasteiger partial charge on any atom is 0.416 e. The highest BCUT2D eigenvalue weighted by molar-refractivity contribution is 7.10. The maximum absolute atomic E-state index is 13.2. The molecule has 1 fully saturated rings. The molecule has 1 aliphatic heterocycles. The molecule has 0 saturated carbocycles. The Balaban J connectivity index is 1.90. The molecule has 1 aromatic heterocycles. The number of likely N-dealkylation sites (tertiary alicyclic amines) is 1. The lowest BCUT2D eigenvalue weighted by molar-refractivity contribution is -0.138. The van der Waals surface area contributed by atoms with Crippen LogP contribution in [0.2, 0.25) is 0 Å². The van der Waals surface area contributed by atoms with E-state index >= 15 is 0 Å². The summed E-state index contributed by atoms with van der Waals surface area (Å²) in [5.74, 6) is -0.462. The van der Waals surface area contributed by atoms with Crippen molar-refractivity contribution in [2.24, 2.45) is 0 Å². The summed E-state index contributed by atoms with van der Waals surface area (Å²) in [4.78, 5) is 16.2. The summed E-state index contributed by atoms with van der Waals surface area (Å²) < 4.78 is 39.5. The smallest absolute Gasteiger partial charge is 0.343 e. The minimum absolute atomic E-state index is 0.0376. The molecule has 146 valence electrons. The molecule has 1 aromatic carbocycles. The van der Waals surface area contributed by atoms with Crippen LogP contribution in [0.15, 0.2) is 35.7 Å². The number of piperidine rings is 1. The fourth-order valence-corrected chi connectivity index (χ4v) is 4.59. The lowest BCUT2D eigenvalue weighted by Gasteiger charge is -2.38. The summed E-state index contributed by atoms with van der Waals surface area (Å²) in [5.41, 5.74) is -0.730. The van der Waals surface area contributed by atoms with Gasteiger partial charge in [0.05, 0.1) is 11.6 Å². The topological polar surface area (TPSA) is 32.3 Å². The summed E-state index contributed by atoms with van der Waals surface area (Å²) in [6.45, 7) is 2.30. The first kappa shape index (κ1) is 19.9. The highest BCUT2D eigenvalue weighted by Gasteiger charge is 2.35. The Hall–Kier alpha value is -1.86. The number of benzene rings is 1. The number of hydrogen-bond acceptors (Lipinski definition) is 3. The van der Waals surface area contributed by atoms with Gasteiger partial charge in [0.1, 0.15) is 0 Å². The summed E-state index contributed by atoms with van der Waals surface area (Å²) in [5, 5.41) is 4.97. The van der Waals surface area contributed by atoms with Crippen molar-refractivity contribution in [1.29, 1.82) is 0 Å². The molecule has 3 nitrogen and oxygen atoms in total. The average Bonchev–Trinajstić information content (AvgIpc) is 3.14. The van der Waals surface area contributed by atoms with Crippen molar-refractivity contribution in [3.63, 3.8) is 0 Å². The van der Waals surface area contributed by atoms with E-state index in [0.717, 1.165) is 36.8 Å². The van der Waals surface area contributed by atoms with Gasteiger partial charge in [-0.15, -0.1) is 11.3 Å². The first-order valence-electron chi connectivity index (χ1n) is 9.00. The second kappa shape index (κ2) is 8.02. The molecule has 2 aromatic rings. The number of nitrogens with zero attached hydrogens (tertiary/aromatic N) is 1. The standard InChI is InChI=1S/C20H23F3N2OS/c1-13-14(7-5-8-15(13)20(21,22)23)19(26)24-18(17-10-6-12-27-17)16-9-3-4-11-25(16)2/h5-8,10,12,16,18H,3-4,9,11H2,1-2H3,(H,24,26). The van der Waals surface area contributed by atoms with Crippen LogP contribution in [-0.2, 0) is 6.18 Å². The Kier molecular flexibility index (Phi) is 5.91. The Morgan fingerprint density at radius 2 is 2.04 bits per heavy atom. The van der Waals surface area contributed by atoms with E-state index in [2.05, 4.69) is 10.2 Å². The van der Waals surface area contributed by atoms with E-state index in [1.165, 1.54) is 19.1 Å². The third-order valence-corrected chi connectivity index (χ3v) is 6.19. The summed E-state index contributed by atoms with van der Waals surface area (Å²) in [6.07, 6.45) is -1.34. The quantitative estimate of drug-likeness (QED) is 0.786. The second-order valence-corrected chi connectivity index (χ2v) is 7.97. The van der Waals surface area contributed by atoms with E-state index < -0.39 is 17.6 Å². The van der Waals surface area contributed by atoms with Crippen molar-refractivity contribution in [1.82, 2.24) is 10.2 Å². The van der Waals surface area contributed by atoms with E-state index in [4.69, 9.17) is 0 Å². The summed E-state index contributed by atoms with van der Waals surface area (Å²) in [7, 11) is 2.03. The third-order valence-electron chi connectivity index (χ3n) is 5.23. The van der Waals surface area contributed by atoms with Gasteiger partial charge in [0, 0.05) is 16.5 Å². The minimum atomic E-state index is -4.48. The van der Waals surface area contributed by atoms with E-state index in [9.17, 15) is 18.0 Å². The van der Waals surface area contributed by atoms with Gasteiger partial charge in [-0.25, -0.2) is 0 Å². The van der Waals surface area contributed by atoms with Crippen LogP contribution in [0.5, 0.6) is 0 Å². The van der Waals surface area contributed by atoms with Gasteiger partial charge in [-0.2, -0.15) is 13.2 Å². The molecular weight excluding hydrogens is 373 g/mol. The van der Waals surface area contributed by atoms with Gasteiger partial charge in [-0.1, -0.05) is 18.6 Å². The van der Waals surface area contributed by atoms with Crippen molar-refractivity contribution >= 4 is 17.2 Å². The van der Waals surface area contributed by atoms with Crippen LogP contribution in [0.4, 0.5) is 13.2 Å². The monoisotopic (exact) mass is 396 g/mol. The third kappa shape index (κ3) is 4.35. The first-order valence-corrected chi connectivity index (χ1v) is 9.88. The largest absolute Gasteiger partial charge is 0.416 e. The van der Waals surface area contributed by atoms with Crippen molar-refractivity contribution in [2.75, 3.05) is 13.6 Å². The zero-order valence-corrected chi connectivity index (χ0v) is 16.2. The average molecular weight is 396 g/mol. The molecule has 2 unspecified atom stereocenters. The van der Waals surface area contributed by atoms with Crippen molar-refractivity contribution in [3.8, 4) is 0 Å². The minimum Gasteiger partial charge on any atom is -0.343 e. The molecule has 27 heavy (non-hydrogen) atoms. The van der Waals surface area contributed by atoms with Crippen LogP contribution in [0.25, 0.3) is 0 Å². The van der Waals surface area contributed by atoms with Gasteiger partial charge >= 0.3 is 6.18 Å². The van der Waals surface area contributed by atoms with Crippen LogP contribution in [0.3, 0.4) is 0 Å². The lowest BCUT2D eigenvalue weighted by Crippen LogP contribution is -2.46. The molecule has 1 amide bonds. The Bertz CT molecular complexity index is 789. The van der Waals surface area contributed by atoms with E-state index in [1.807, 2.05) is 24.6 Å². The van der Waals surface area contributed by atoms with Crippen LogP contribution >= 0.6 is 11.3 Å². The molecular formula is C20H23F3N2OS. The second-order valence-electron chi connectivity index (χ2n) is 6.99.